The zero-order chi connectivity index (χ0) is 22.2. The third-order valence-electron chi connectivity index (χ3n) is 4.97. The van der Waals surface area contributed by atoms with Crippen LogP contribution in [-0.2, 0) is 13.2 Å². The summed E-state index contributed by atoms with van der Waals surface area (Å²) >= 11 is 1.61. The second-order valence-corrected chi connectivity index (χ2v) is 8.37. The standard InChI is InChI=1S/C25H26N4O2S.HI/c1-26-25(29-16-21(30)23-14-19-10-5-6-12-22(19)32-23)28-15-20-11-7-13-27-24(20)31-17-18-8-3-2-4-9-18;/h2-14,21,30H,15-17H2,1H3,(H2,26,28,29);1H. The fraction of sp³-hybridized carbons (Fsp3) is 0.200. The molecule has 0 aliphatic carbocycles. The van der Waals surface area contributed by atoms with Gasteiger partial charge >= 0.3 is 0 Å². The molecule has 0 amide bonds. The first-order valence-corrected chi connectivity index (χ1v) is 11.3. The van der Waals surface area contributed by atoms with Gasteiger partial charge in [0, 0.05) is 41.5 Å². The van der Waals surface area contributed by atoms with Crippen LogP contribution in [0.2, 0.25) is 0 Å². The SMILES string of the molecule is CN=C(NCc1cccnc1OCc1ccccc1)NCC(O)c1cc2ccccc2s1.I. The molecule has 0 aliphatic rings. The smallest absolute Gasteiger partial charge is 0.218 e. The number of aliphatic hydroxyl groups excluding tert-OH is 1. The Morgan fingerprint density at radius 3 is 2.64 bits per heavy atom. The van der Waals surface area contributed by atoms with Crippen molar-refractivity contribution in [3.8, 4) is 5.88 Å². The fourth-order valence-corrected chi connectivity index (χ4v) is 4.33. The summed E-state index contributed by atoms with van der Waals surface area (Å²) in [6, 6.07) is 24.0. The molecule has 0 spiro atoms. The molecule has 2 aromatic heterocycles. The Hall–Kier alpha value is -2.69. The van der Waals surface area contributed by atoms with Gasteiger partial charge < -0.3 is 20.5 Å². The van der Waals surface area contributed by atoms with Gasteiger partial charge in [0.05, 0.1) is 0 Å². The molecule has 1 unspecified atom stereocenters. The van der Waals surface area contributed by atoms with E-state index in [4.69, 9.17) is 4.74 Å². The second kappa shape index (κ2) is 12.5. The van der Waals surface area contributed by atoms with Gasteiger partial charge in [-0.3, -0.25) is 4.99 Å². The Morgan fingerprint density at radius 2 is 1.85 bits per heavy atom. The number of aliphatic hydroxyl groups is 1. The lowest BCUT2D eigenvalue weighted by Crippen LogP contribution is -2.39. The molecule has 3 N–H and O–H groups in total. The van der Waals surface area contributed by atoms with Crippen LogP contribution in [-0.4, -0.2) is 29.6 Å². The van der Waals surface area contributed by atoms with E-state index in [9.17, 15) is 5.11 Å². The number of fused-ring (bicyclic) bond motifs is 1. The molecular weight excluding hydrogens is 547 g/mol. The van der Waals surface area contributed by atoms with Gasteiger partial charge in [-0.15, -0.1) is 35.3 Å². The van der Waals surface area contributed by atoms with Crippen LogP contribution in [0.15, 0.2) is 84.0 Å². The number of nitrogens with zero attached hydrogens (tertiary/aromatic N) is 2. The summed E-state index contributed by atoms with van der Waals surface area (Å²) in [5.74, 6) is 1.19. The quantitative estimate of drug-likeness (QED) is 0.159. The van der Waals surface area contributed by atoms with E-state index < -0.39 is 6.10 Å². The van der Waals surface area contributed by atoms with Gasteiger partial charge in [-0.1, -0.05) is 54.6 Å². The van der Waals surface area contributed by atoms with Crippen LogP contribution in [0.1, 0.15) is 22.1 Å². The van der Waals surface area contributed by atoms with Crippen molar-refractivity contribution < 1.29 is 9.84 Å². The van der Waals surface area contributed by atoms with E-state index in [1.165, 1.54) is 4.70 Å². The van der Waals surface area contributed by atoms with Crippen LogP contribution >= 0.6 is 35.3 Å². The molecule has 0 radical (unpaired) electrons. The summed E-state index contributed by atoms with van der Waals surface area (Å²) in [7, 11) is 1.71. The first-order valence-electron chi connectivity index (χ1n) is 10.4. The summed E-state index contributed by atoms with van der Waals surface area (Å²) in [5, 5.41) is 18.2. The fourth-order valence-electron chi connectivity index (χ4n) is 3.27. The highest BCUT2D eigenvalue weighted by Crippen LogP contribution is 2.29. The lowest BCUT2D eigenvalue weighted by molar-refractivity contribution is 0.184. The largest absolute Gasteiger partial charge is 0.473 e. The number of hydrogen-bond acceptors (Lipinski definition) is 5. The lowest BCUT2D eigenvalue weighted by Gasteiger charge is -2.16. The first kappa shape index (κ1) is 24.9. The van der Waals surface area contributed by atoms with E-state index in [1.807, 2.05) is 60.7 Å². The van der Waals surface area contributed by atoms with Crippen molar-refractivity contribution in [3.63, 3.8) is 0 Å². The molecule has 1 atom stereocenters. The maximum absolute atomic E-state index is 10.6. The van der Waals surface area contributed by atoms with Gasteiger partial charge in [0.2, 0.25) is 5.88 Å². The minimum absolute atomic E-state index is 0. The maximum atomic E-state index is 10.6. The number of benzene rings is 2. The zero-order valence-corrected chi connectivity index (χ0v) is 21.4. The number of ether oxygens (including phenoxy) is 1. The third-order valence-corrected chi connectivity index (χ3v) is 6.19. The van der Waals surface area contributed by atoms with Gasteiger partial charge in [-0.25, -0.2) is 4.98 Å². The van der Waals surface area contributed by atoms with Gasteiger partial charge in [0.15, 0.2) is 5.96 Å². The van der Waals surface area contributed by atoms with Crippen molar-refractivity contribution >= 4 is 51.4 Å². The number of rotatable bonds is 8. The lowest BCUT2D eigenvalue weighted by atomic mass is 10.2. The molecular formula is C25H27IN4O2S. The summed E-state index contributed by atoms with van der Waals surface area (Å²) in [6.45, 7) is 1.31. The minimum atomic E-state index is -0.617. The van der Waals surface area contributed by atoms with E-state index in [0.717, 1.165) is 21.4 Å². The van der Waals surface area contributed by atoms with Gasteiger partial charge in [-0.05, 0) is 29.1 Å². The third kappa shape index (κ3) is 6.89. The molecule has 8 heteroatoms. The Labute approximate surface area is 214 Å². The minimum Gasteiger partial charge on any atom is -0.473 e. The maximum Gasteiger partial charge on any atom is 0.218 e. The van der Waals surface area contributed by atoms with Gasteiger partial charge in [0.1, 0.15) is 12.7 Å². The average molecular weight is 574 g/mol. The molecule has 0 saturated carbocycles. The number of guanidine groups is 1. The number of aromatic nitrogens is 1. The number of aliphatic imine (C=N–C) groups is 1. The van der Waals surface area contributed by atoms with Crippen LogP contribution in [0.4, 0.5) is 0 Å². The van der Waals surface area contributed by atoms with Gasteiger partial charge in [-0.2, -0.15) is 0 Å². The molecule has 0 saturated heterocycles. The number of thiophene rings is 1. The summed E-state index contributed by atoms with van der Waals surface area (Å²) < 4.78 is 7.09. The van der Waals surface area contributed by atoms with Crippen LogP contribution in [0.5, 0.6) is 5.88 Å². The molecule has 33 heavy (non-hydrogen) atoms. The molecule has 0 bridgehead atoms. The van der Waals surface area contributed by atoms with Crippen molar-refractivity contribution in [1.82, 2.24) is 15.6 Å². The molecule has 6 nitrogen and oxygen atoms in total. The van der Waals surface area contributed by atoms with Gasteiger partial charge in [0.25, 0.3) is 0 Å². The Balaban J connectivity index is 0.00000306. The van der Waals surface area contributed by atoms with E-state index in [1.54, 1.807) is 24.6 Å². The Morgan fingerprint density at radius 1 is 1.06 bits per heavy atom. The normalized spacial score (nSPS) is 12.1. The summed E-state index contributed by atoms with van der Waals surface area (Å²) in [5.41, 5.74) is 2.02. The molecule has 0 aliphatic heterocycles. The van der Waals surface area contributed by atoms with Crippen molar-refractivity contribution in [2.45, 2.75) is 19.3 Å². The van der Waals surface area contributed by atoms with Crippen molar-refractivity contribution in [2.24, 2.45) is 4.99 Å². The van der Waals surface area contributed by atoms with Crippen LogP contribution < -0.4 is 15.4 Å². The Kier molecular flexibility index (Phi) is 9.47. The Bertz CT molecular complexity index is 1150. The van der Waals surface area contributed by atoms with E-state index >= 15 is 0 Å². The van der Waals surface area contributed by atoms with Crippen molar-refractivity contribution in [1.29, 1.82) is 0 Å². The molecule has 2 heterocycles. The average Bonchev–Trinajstić information content (AvgIpc) is 3.28. The van der Waals surface area contributed by atoms with E-state index in [0.29, 0.717) is 31.5 Å². The number of pyridine rings is 1. The molecule has 4 aromatic rings. The van der Waals surface area contributed by atoms with Crippen molar-refractivity contribution in [2.75, 3.05) is 13.6 Å². The monoisotopic (exact) mass is 574 g/mol. The number of hydrogen-bond donors (Lipinski definition) is 3. The summed E-state index contributed by atoms with van der Waals surface area (Å²) in [4.78, 5) is 9.56. The summed E-state index contributed by atoms with van der Waals surface area (Å²) in [6.07, 6.45) is 1.10. The molecule has 172 valence electrons. The zero-order valence-electron chi connectivity index (χ0n) is 18.3. The highest BCUT2D eigenvalue weighted by molar-refractivity contribution is 14.0. The van der Waals surface area contributed by atoms with Crippen LogP contribution in [0, 0.1) is 0 Å². The van der Waals surface area contributed by atoms with Crippen LogP contribution in [0.3, 0.4) is 0 Å². The van der Waals surface area contributed by atoms with E-state index in [2.05, 4.69) is 32.7 Å². The van der Waals surface area contributed by atoms with Crippen LogP contribution in [0.25, 0.3) is 10.1 Å². The predicted molar refractivity (Wildman–Crippen MR) is 145 cm³/mol. The highest BCUT2D eigenvalue weighted by Gasteiger charge is 2.13. The highest BCUT2D eigenvalue weighted by atomic mass is 127. The molecule has 0 fully saturated rings. The number of nitrogens with one attached hydrogen (secondary N) is 2. The second-order valence-electron chi connectivity index (χ2n) is 7.25. The topological polar surface area (TPSA) is 78.8 Å². The predicted octanol–water partition coefficient (Wildman–Crippen LogP) is 4.89. The molecule has 2 aromatic carbocycles. The molecule has 4 rings (SSSR count). The first-order chi connectivity index (χ1) is 15.7. The van der Waals surface area contributed by atoms with E-state index in [-0.39, 0.29) is 24.0 Å². The van der Waals surface area contributed by atoms with Crippen molar-refractivity contribution in [3.05, 3.63) is 95.0 Å². The number of halogens is 1.